The minimum absolute atomic E-state index is 0.183. The lowest BCUT2D eigenvalue weighted by atomic mass is 10.2. The summed E-state index contributed by atoms with van der Waals surface area (Å²) in [4.78, 5) is 11.5. The monoisotopic (exact) mass is 296 g/mol. The zero-order valence-corrected chi connectivity index (χ0v) is 12.4. The van der Waals surface area contributed by atoms with Gasteiger partial charge in [-0.3, -0.25) is 4.68 Å². The van der Waals surface area contributed by atoms with Crippen molar-refractivity contribution in [2.45, 2.75) is 13.5 Å². The highest BCUT2D eigenvalue weighted by Gasteiger charge is 2.16. The first kappa shape index (κ1) is 14.1. The number of esters is 1. The highest BCUT2D eigenvalue weighted by Crippen LogP contribution is 2.24. The summed E-state index contributed by atoms with van der Waals surface area (Å²) < 4.78 is 12.1. The van der Waals surface area contributed by atoms with Crippen LogP contribution in [0.5, 0.6) is 0 Å². The van der Waals surface area contributed by atoms with Crippen molar-refractivity contribution in [3.05, 3.63) is 65.5 Å². The number of methoxy groups -OCH3 is 1. The number of carbonyl (C=O) groups excluding carboxylic acids is 1. The molecule has 112 valence electrons. The lowest BCUT2D eigenvalue weighted by molar-refractivity contribution is 0.0566. The Morgan fingerprint density at radius 2 is 2.00 bits per heavy atom. The first-order valence-corrected chi connectivity index (χ1v) is 6.94. The fourth-order valence-electron chi connectivity index (χ4n) is 2.31. The number of benzene rings is 1. The molecule has 0 aliphatic heterocycles. The molecule has 5 nitrogen and oxygen atoms in total. The minimum atomic E-state index is -0.489. The molecule has 3 rings (SSSR count). The number of ether oxygens (including phenoxy) is 1. The topological polar surface area (TPSA) is 57.3 Å². The van der Waals surface area contributed by atoms with Gasteiger partial charge in [0.15, 0.2) is 5.76 Å². The Morgan fingerprint density at radius 3 is 2.73 bits per heavy atom. The Bertz CT molecular complexity index is 787. The molecule has 3 aromatic rings. The average molecular weight is 296 g/mol. The van der Waals surface area contributed by atoms with Crippen molar-refractivity contribution >= 4 is 5.97 Å². The average Bonchev–Trinajstić information content (AvgIpc) is 3.14. The second-order valence-corrected chi connectivity index (χ2v) is 4.97. The van der Waals surface area contributed by atoms with E-state index in [1.165, 1.54) is 7.11 Å². The van der Waals surface area contributed by atoms with E-state index in [1.54, 1.807) is 12.1 Å². The number of rotatable bonds is 4. The van der Waals surface area contributed by atoms with Crippen LogP contribution in [0, 0.1) is 6.92 Å². The standard InChI is InChI=1S/C17H16N2O3/c1-12-10-14(15-8-9-16(22-15)17(20)21-2)19(18-12)11-13-6-4-3-5-7-13/h3-10H,11H2,1-2H3. The summed E-state index contributed by atoms with van der Waals surface area (Å²) in [5.41, 5.74) is 2.87. The molecule has 0 aliphatic carbocycles. The van der Waals surface area contributed by atoms with E-state index < -0.39 is 5.97 Å². The van der Waals surface area contributed by atoms with Crippen molar-refractivity contribution in [1.29, 1.82) is 0 Å². The third-order valence-electron chi connectivity index (χ3n) is 3.32. The van der Waals surface area contributed by atoms with E-state index in [-0.39, 0.29) is 5.76 Å². The second kappa shape index (κ2) is 5.89. The Morgan fingerprint density at radius 1 is 1.23 bits per heavy atom. The number of aromatic nitrogens is 2. The van der Waals surface area contributed by atoms with Crippen LogP contribution in [0.1, 0.15) is 21.8 Å². The van der Waals surface area contributed by atoms with E-state index in [1.807, 2.05) is 48.0 Å². The van der Waals surface area contributed by atoms with Gasteiger partial charge in [0, 0.05) is 0 Å². The number of hydrogen-bond donors (Lipinski definition) is 0. The van der Waals surface area contributed by atoms with Gasteiger partial charge in [-0.1, -0.05) is 30.3 Å². The lowest BCUT2D eigenvalue weighted by Gasteiger charge is -2.05. The molecule has 0 amide bonds. The van der Waals surface area contributed by atoms with Crippen LogP contribution in [0.25, 0.3) is 11.5 Å². The van der Waals surface area contributed by atoms with E-state index in [2.05, 4.69) is 9.84 Å². The molecule has 1 aromatic carbocycles. The SMILES string of the molecule is COC(=O)c1ccc(-c2cc(C)nn2Cc2ccccc2)o1. The van der Waals surface area contributed by atoms with Crippen LogP contribution in [0.2, 0.25) is 0 Å². The number of aryl methyl sites for hydroxylation is 1. The van der Waals surface area contributed by atoms with Crippen molar-refractivity contribution in [3.8, 4) is 11.5 Å². The summed E-state index contributed by atoms with van der Waals surface area (Å²) in [5.74, 6) is 0.289. The molecule has 0 spiro atoms. The lowest BCUT2D eigenvalue weighted by Crippen LogP contribution is -2.03. The third-order valence-corrected chi connectivity index (χ3v) is 3.32. The van der Waals surface area contributed by atoms with Crippen molar-refractivity contribution in [3.63, 3.8) is 0 Å². The normalized spacial score (nSPS) is 10.6. The first-order valence-electron chi connectivity index (χ1n) is 6.94. The highest BCUT2D eigenvalue weighted by molar-refractivity contribution is 5.86. The van der Waals surface area contributed by atoms with E-state index in [9.17, 15) is 4.79 Å². The molecule has 22 heavy (non-hydrogen) atoms. The van der Waals surface area contributed by atoms with Crippen LogP contribution in [0.15, 0.2) is 52.9 Å². The number of nitrogens with zero attached hydrogens (tertiary/aromatic N) is 2. The van der Waals surface area contributed by atoms with E-state index >= 15 is 0 Å². The van der Waals surface area contributed by atoms with Crippen LogP contribution in [-0.2, 0) is 11.3 Å². The quantitative estimate of drug-likeness (QED) is 0.693. The molecule has 0 saturated carbocycles. The molecule has 0 atom stereocenters. The first-order chi connectivity index (χ1) is 10.7. The zero-order valence-electron chi connectivity index (χ0n) is 12.4. The zero-order chi connectivity index (χ0) is 15.5. The predicted molar refractivity (Wildman–Crippen MR) is 81.5 cm³/mol. The van der Waals surface area contributed by atoms with E-state index in [4.69, 9.17) is 4.42 Å². The van der Waals surface area contributed by atoms with Crippen LogP contribution in [-0.4, -0.2) is 22.9 Å². The van der Waals surface area contributed by atoms with Crippen molar-refractivity contribution in [2.24, 2.45) is 0 Å². The van der Waals surface area contributed by atoms with Gasteiger partial charge < -0.3 is 9.15 Å². The van der Waals surface area contributed by atoms with Crippen molar-refractivity contribution < 1.29 is 13.9 Å². The van der Waals surface area contributed by atoms with Crippen LogP contribution in [0.4, 0.5) is 0 Å². The molecule has 2 aromatic heterocycles. The van der Waals surface area contributed by atoms with E-state index in [0.717, 1.165) is 17.0 Å². The largest absolute Gasteiger partial charge is 0.463 e. The van der Waals surface area contributed by atoms with Gasteiger partial charge in [-0.2, -0.15) is 5.10 Å². The molecule has 0 aliphatic rings. The molecule has 0 N–H and O–H groups in total. The predicted octanol–water partition coefficient (Wildman–Crippen LogP) is 3.29. The molecule has 0 bridgehead atoms. The molecular weight excluding hydrogens is 280 g/mol. The Hall–Kier alpha value is -2.82. The molecule has 0 unspecified atom stereocenters. The molecular formula is C17H16N2O3. The number of carbonyl (C=O) groups is 1. The van der Waals surface area contributed by atoms with Gasteiger partial charge >= 0.3 is 5.97 Å². The number of furan rings is 1. The molecule has 0 radical (unpaired) electrons. The number of hydrogen-bond acceptors (Lipinski definition) is 4. The summed E-state index contributed by atoms with van der Waals surface area (Å²) in [7, 11) is 1.33. The maximum atomic E-state index is 11.5. The van der Waals surface area contributed by atoms with Crippen LogP contribution >= 0.6 is 0 Å². The maximum Gasteiger partial charge on any atom is 0.373 e. The highest BCUT2D eigenvalue weighted by atomic mass is 16.5. The molecule has 2 heterocycles. The third kappa shape index (κ3) is 2.79. The Balaban J connectivity index is 1.94. The summed E-state index contributed by atoms with van der Waals surface area (Å²) in [5, 5.41) is 4.50. The smallest absolute Gasteiger partial charge is 0.373 e. The van der Waals surface area contributed by atoms with Gasteiger partial charge in [0.2, 0.25) is 5.76 Å². The van der Waals surface area contributed by atoms with Gasteiger partial charge in [-0.25, -0.2) is 4.79 Å². The maximum absolute atomic E-state index is 11.5. The van der Waals surface area contributed by atoms with Gasteiger partial charge in [0.25, 0.3) is 0 Å². The van der Waals surface area contributed by atoms with E-state index in [0.29, 0.717) is 12.3 Å². The molecule has 5 heteroatoms. The minimum Gasteiger partial charge on any atom is -0.463 e. The molecule has 0 saturated heterocycles. The van der Waals surface area contributed by atoms with Crippen LogP contribution < -0.4 is 0 Å². The fraction of sp³-hybridized carbons (Fsp3) is 0.176. The Labute approximate surface area is 128 Å². The van der Waals surface area contributed by atoms with Gasteiger partial charge in [-0.05, 0) is 30.7 Å². The van der Waals surface area contributed by atoms with Gasteiger partial charge in [0.05, 0.1) is 19.3 Å². The molecule has 0 fully saturated rings. The summed E-state index contributed by atoms with van der Waals surface area (Å²) in [6.07, 6.45) is 0. The second-order valence-electron chi connectivity index (χ2n) is 4.97. The Kier molecular flexibility index (Phi) is 3.78. The van der Waals surface area contributed by atoms with Crippen molar-refractivity contribution in [2.75, 3.05) is 7.11 Å². The fourth-order valence-corrected chi connectivity index (χ4v) is 2.31. The van der Waals surface area contributed by atoms with Gasteiger partial charge in [0.1, 0.15) is 5.69 Å². The van der Waals surface area contributed by atoms with Crippen molar-refractivity contribution in [1.82, 2.24) is 9.78 Å². The van der Waals surface area contributed by atoms with Crippen LogP contribution in [0.3, 0.4) is 0 Å². The summed E-state index contributed by atoms with van der Waals surface area (Å²) >= 11 is 0. The summed E-state index contributed by atoms with van der Waals surface area (Å²) in [6, 6.07) is 15.4. The summed E-state index contributed by atoms with van der Waals surface area (Å²) in [6.45, 7) is 2.56. The van der Waals surface area contributed by atoms with Gasteiger partial charge in [-0.15, -0.1) is 0 Å².